The molecule has 7 nitrogen and oxygen atoms in total. The molecule has 28 heavy (non-hydrogen) atoms. The summed E-state index contributed by atoms with van der Waals surface area (Å²) in [6.45, 7) is 0.437. The number of pyridine rings is 1. The van der Waals surface area contributed by atoms with Gasteiger partial charge in [-0.2, -0.15) is 0 Å². The minimum atomic E-state index is -1.28. The lowest BCUT2D eigenvalue weighted by molar-refractivity contribution is 0.0695. The number of ether oxygens (including phenoxy) is 1. The molecule has 1 heterocycles. The summed E-state index contributed by atoms with van der Waals surface area (Å²) >= 11 is 0. The van der Waals surface area contributed by atoms with Crippen LogP contribution >= 0.6 is 0 Å². The number of benzene rings is 2. The first-order valence-corrected chi connectivity index (χ1v) is 8.54. The van der Waals surface area contributed by atoms with Crippen LogP contribution in [0.4, 0.5) is 4.79 Å². The van der Waals surface area contributed by atoms with Gasteiger partial charge in [-0.15, -0.1) is 0 Å². The van der Waals surface area contributed by atoms with Crippen LogP contribution in [0.25, 0.3) is 17.0 Å². The van der Waals surface area contributed by atoms with Crippen molar-refractivity contribution in [2.75, 3.05) is 6.54 Å². The quantitative estimate of drug-likeness (QED) is 0.610. The Hall–Kier alpha value is -3.87. The monoisotopic (exact) mass is 378 g/mol. The molecule has 0 atom stereocenters. The summed E-state index contributed by atoms with van der Waals surface area (Å²) in [4.78, 5) is 37.8. The van der Waals surface area contributed by atoms with Gasteiger partial charge in [0.2, 0.25) is 5.43 Å². The van der Waals surface area contributed by atoms with E-state index in [1.807, 2.05) is 30.3 Å². The molecule has 1 amide bonds. The molecule has 0 spiro atoms. The lowest BCUT2D eigenvalue weighted by Gasteiger charge is -2.05. The lowest BCUT2D eigenvalue weighted by atomic mass is 10.1. The van der Waals surface area contributed by atoms with E-state index in [9.17, 15) is 14.4 Å². The van der Waals surface area contributed by atoms with Gasteiger partial charge in [-0.3, -0.25) is 4.79 Å². The van der Waals surface area contributed by atoms with E-state index in [1.54, 1.807) is 30.4 Å². The van der Waals surface area contributed by atoms with Crippen molar-refractivity contribution in [2.45, 2.75) is 6.61 Å². The number of rotatable bonds is 6. The average Bonchev–Trinajstić information content (AvgIpc) is 2.70. The molecular formula is C21H18N2O5. The molecule has 2 aromatic carbocycles. The summed E-state index contributed by atoms with van der Waals surface area (Å²) in [5.74, 6) is -1.28. The van der Waals surface area contributed by atoms with Gasteiger partial charge in [0, 0.05) is 23.6 Å². The molecule has 0 saturated heterocycles. The van der Waals surface area contributed by atoms with E-state index < -0.39 is 17.5 Å². The molecular weight excluding hydrogens is 360 g/mol. The van der Waals surface area contributed by atoms with Crippen LogP contribution in [0.1, 0.15) is 21.5 Å². The van der Waals surface area contributed by atoms with Gasteiger partial charge in [-0.1, -0.05) is 48.6 Å². The predicted molar refractivity (Wildman–Crippen MR) is 105 cm³/mol. The molecule has 0 radical (unpaired) electrons. The number of hydrogen-bond donors (Lipinski definition) is 3. The number of carbonyl (C=O) groups excluding carboxylic acids is 1. The van der Waals surface area contributed by atoms with Crippen LogP contribution in [0, 0.1) is 0 Å². The second-order valence-corrected chi connectivity index (χ2v) is 5.99. The van der Waals surface area contributed by atoms with Crippen molar-refractivity contribution in [1.82, 2.24) is 10.3 Å². The molecule has 0 aliphatic heterocycles. The zero-order chi connectivity index (χ0) is 19.9. The Labute approximate surface area is 160 Å². The Balaban J connectivity index is 1.58. The van der Waals surface area contributed by atoms with Crippen molar-refractivity contribution in [3.63, 3.8) is 0 Å². The third-order valence-corrected chi connectivity index (χ3v) is 4.02. The number of carbonyl (C=O) groups is 2. The number of aromatic carboxylic acids is 1. The molecule has 0 fully saturated rings. The second kappa shape index (κ2) is 8.68. The summed E-state index contributed by atoms with van der Waals surface area (Å²) in [7, 11) is 0. The Morgan fingerprint density at radius 2 is 1.93 bits per heavy atom. The van der Waals surface area contributed by atoms with E-state index in [2.05, 4.69) is 10.3 Å². The van der Waals surface area contributed by atoms with Crippen LogP contribution in [0.5, 0.6) is 0 Å². The van der Waals surface area contributed by atoms with Gasteiger partial charge >= 0.3 is 12.1 Å². The Morgan fingerprint density at radius 3 is 2.68 bits per heavy atom. The maximum absolute atomic E-state index is 12.2. The van der Waals surface area contributed by atoms with Crippen molar-refractivity contribution >= 4 is 29.0 Å². The van der Waals surface area contributed by atoms with E-state index in [4.69, 9.17) is 9.84 Å². The third kappa shape index (κ3) is 4.64. The molecule has 1 aromatic heterocycles. The van der Waals surface area contributed by atoms with Crippen molar-refractivity contribution in [3.05, 3.63) is 87.7 Å². The summed E-state index contributed by atoms with van der Waals surface area (Å²) < 4.78 is 5.10. The van der Waals surface area contributed by atoms with Crippen LogP contribution in [-0.2, 0) is 11.3 Å². The molecule has 0 aliphatic carbocycles. The fraction of sp³-hybridized carbons (Fsp3) is 0.0952. The number of nitrogens with one attached hydrogen (secondary N) is 2. The molecule has 3 N–H and O–H groups in total. The molecule has 0 saturated carbocycles. The SMILES string of the molecule is O=C(NCC=Cc1ccc2[nH]cc(C(=O)O)c(=O)c2c1)OCc1ccccc1. The van der Waals surface area contributed by atoms with Crippen LogP contribution in [0.3, 0.4) is 0 Å². The number of fused-ring (bicyclic) bond motifs is 1. The highest BCUT2D eigenvalue weighted by atomic mass is 16.5. The minimum Gasteiger partial charge on any atom is -0.477 e. The highest BCUT2D eigenvalue weighted by Crippen LogP contribution is 2.12. The number of aromatic nitrogens is 1. The number of aromatic amines is 1. The van der Waals surface area contributed by atoms with Crippen molar-refractivity contribution < 1.29 is 19.4 Å². The topological polar surface area (TPSA) is 108 Å². The van der Waals surface area contributed by atoms with E-state index >= 15 is 0 Å². The average molecular weight is 378 g/mol. The number of amides is 1. The van der Waals surface area contributed by atoms with Crippen LogP contribution in [0.15, 0.2) is 65.6 Å². The molecule has 7 heteroatoms. The molecule has 0 aliphatic rings. The maximum atomic E-state index is 12.2. The van der Waals surface area contributed by atoms with Gasteiger partial charge in [0.1, 0.15) is 12.2 Å². The summed E-state index contributed by atoms with van der Waals surface area (Å²) in [5, 5.41) is 11.9. The summed E-state index contributed by atoms with van der Waals surface area (Å²) in [6, 6.07) is 14.4. The molecule has 0 unspecified atom stereocenters. The first-order valence-electron chi connectivity index (χ1n) is 8.54. The van der Waals surface area contributed by atoms with Crippen molar-refractivity contribution in [2.24, 2.45) is 0 Å². The first-order chi connectivity index (χ1) is 13.5. The number of H-pyrrole nitrogens is 1. The van der Waals surface area contributed by atoms with E-state index in [-0.39, 0.29) is 24.1 Å². The van der Waals surface area contributed by atoms with Crippen molar-refractivity contribution in [3.8, 4) is 0 Å². The number of carboxylic acids is 1. The third-order valence-electron chi connectivity index (χ3n) is 4.02. The normalized spacial score (nSPS) is 10.9. The summed E-state index contributed by atoms with van der Waals surface area (Å²) in [5.41, 5.74) is 1.31. The van der Waals surface area contributed by atoms with Crippen molar-refractivity contribution in [1.29, 1.82) is 0 Å². The molecule has 3 rings (SSSR count). The van der Waals surface area contributed by atoms with Gasteiger partial charge in [0.05, 0.1) is 0 Å². The van der Waals surface area contributed by atoms with Crippen LogP contribution in [0.2, 0.25) is 0 Å². The van der Waals surface area contributed by atoms with Crippen LogP contribution in [-0.4, -0.2) is 28.7 Å². The predicted octanol–water partition coefficient (Wildman–Crippen LogP) is 3.17. The Kier molecular flexibility index (Phi) is 5.86. The number of hydrogen-bond acceptors (Lipinski definition) is 4. The Bertz CT molecular complexity index is 1090. The summed E-state index contributed by atoms with van der Waals surface area (Å²) in [6.07, 6.45) is 4.09. The largest absolute Gasteiger partial charge is 0.477 e. The second-order valence-electron chi connectivity index (χ2n) is 5.99. The molecule has 0 bridgehead atoms. The van der Waals surface area contributed by atoms with Gasteiger partial charge in [-0.25, -0.2) is 9.59 Å². The van der Waals surface area contributed by atoms with Gasteiger partial charge in [0.15, 0.2) is 0 Å². The maximum Gasteiger partial charge on any atom is 0.407 e. The van der Waals surface area contributed by atoms with E-state index in [0.29, 0.717) is 11.1 Å². The highest BCUT2D eigenvalue weighted by molar-refractivity contribution is 5.92. The standard InChI is InChI=1S/C21H18N2O5/c24-19-16-11-14(8-9-18(16)23-12-17(19)20(25)26)7-4-10-22-21(27)28-13-15-5-2-1-3-6-15/h1-9,11-12H,10,13H2,(H,22,27)(H,23,24)(H,25,26). The molecule has 142 valence electrons. The first kappa shape index (κ1) is 18.9. The number of alkyl carbamates (subject to hydrolysis) is 1. The van der Waals surface area contributed by atoms with Gasteiger partial charge in [-0.05, 0) is 23.3 Å². The smallest absolute Gasteiger partial charge is 0.407 e. The number of carboxylic acid groups (broad SMARTS) is 1. The fourth-order valence-corrected chi connectivity index (χ4v) is 2.61. The van der Waals surface area contributed by atoms with E-state index in [0.717, 1.165) is 5.56 Å². The highest BCUT2D eigenvalue weighted by Gasteiger charge is 2.11. The van der Waals surface area contributed by atoms with Crippen LogP contribution < -0.4 is 10.7 Å². The lowest BCUT2D eigenvalue weighted by Crippen LogP contribution is -2.24. The zero-order valence-electron chi connectivity index (χ0n) is 14.8. The van der Waals surface area contributed by atoms with E-state index in [1.165, 1.54) is 6.20 Å². The zero-order valence-corrected chi connectivity index (χ0v) is 14.8. The van der Waals surface area contributed by atoms with Gasteiger partial charge in [0.25, 0.3) is 0 Å². The Morgan fingerprint density at radius 1 is 1.14 bits per heavy atom. The molecule has 3 aromatic rings. The minimum absolute atomic E-state index is 0.190. The fourth-order valence-electron chi connectivity index (χ4n) is 2.61. The van der Waals surface area contributed by atoms with Gasteiger partial charge < -0.3 is 20.1 Å².